The lowest BCUT2D eigenvalue weighted by atomic mass is 9.99. The Morgan fingerprint density at radius 3 is 2.46 bits per heavy atom. The summed E-state index contributed by atoms with van der Waals surface area (Å²) >= 11 is 0. The topological polar surface area (TPSA) is 82.5 Å². The average Bonchev–Trinajstić information content (AvgIpc) is 2.64. The van der Waals surface area contributed by atoms with Gasteiger partial charge in [-0.15, -0.1) is 0 Å². The Bertz CT molecular complexity index is 815. The van der Waals surface area contributed by atoms with E-state index in [-0.39, 0.29) is 11.3 Å². The minimum absolute atomic E-state index is 0.0749. The van der Waals surface area contributed by atoms with Crippen LogP contribution in [0.25, 0.3) is 0 Å². The van der Waals surface area contributed by atoms with Crippen molar-refractivity contribution in [3.05, 3.63) is 53.5 Å². The van der Waals surface area contributed by atoms with Gasteiger partial charge in [0.1, 0.15) is 11.6 Å². The van der Waals surface area contributed by atoms with E-state index in [9.17, 15) is 14.0 Å². The average molecular weight is 357 g/mol. The second kappa shape index (κ2) is 7.51. The van der Waals surface area contributed by atoms with Crippen LogP contribution in [0.3, 0.4) is 0 Å². The highest BCUT2D eigenvalue weighted by Crippen LogP contribution is 2.22. The summed E-state index contributed by atoms with van der Waals surface area (Å²) in [5, 5.41) is 11.3. The monoisotopic (exact) mass is 357 g/mol. The van der Waals surface area contributed by atoms with Gasteiger partial charge in [0.2, 0.25) is 0 Å². The number of hydrogen-bond donors (Lipinski definition) is 2. The molecule has 7 heteroatoms. The molecule has 0 radical (unpaired) electrons. The number of aromatic nitrogens is 1. The first-order chi connectivity index (χ1) is 12.4. The molecule has 136 valence electrons. The van der Waals surface area contributed by atoms with E-state index in [0.717, 1.165) is 43.7 Å². The molecule has 6 nitrogen and oxygen atoms in total. The first-order valence-corrected chi connectivity index (χ1v) is 8.49. The second-order valence-electron chi connectivity index (χ2n) is 6.53. The van der Waals surface area contributed by atoms with Gasteiger partial charge in [0.05, 0.1) is 16.8 Å². The van der Waals surface area contributed by atoms with Crippen LogP contribution in [0.1, 0.15) is 40.5 Å². The molecule has 0 bridgehead atoms. The zero-order valence-corrected chi connectivity index (χ0v) is 14.4. The summed E-state index contributed by atoms with van der Waals surface area (Å²) in [6.45, 7) is 4.13. The third kappa shape index (κ3) is 3.99. The number of carboxylic acids is 1. The first kappa shape index (κ1) is 17.8. The first-order valence-electron chi connectivity index (χ1n) is 8.49. The van der Waals surface area contributed by atoms with E-state index >= 15 is 0 Å². The molecule has 2 heterocycles. The Labute approximate surface area is 150 Å². The van der Waals surface area contributed by atoms with E-state index in [1.165, 1.54) is 18.3 Å². The van der Waals surface area contributed by atoms with Gasteiger partial charge in [-0.1, -0.05) is 6.92 Å². The zero-order chi connectivity index (χ0) is 18.7. The number of amides is 1. The Kier molecular flexibility index (Phi) is 5.16. The van der Waals surface area contributed by atoms with Crippen LogP contribution in [0.2, 0.25) is 0 Å². The van der Waals surface area contributed by atoms with Gasteiger partial charge in [-0.2, -0.15) is 0 Å². The van der Waals surface area contributed by atoms with Gasteiger partial charge >= 0.3 is 5.97 Å². The lowest BCUT2D eigenvalue weighted by Crippen LogP contribution is -2.33. The normalized spacial score (nSPS) is 14.9. The molecule has 1 saturated heterocycles. The van der Waals surface area contributed by atoms with E-state index in [1.807, 2.05) is 0 Å². The number of nitrogens with zero attached hydrogens (tertiary/aromatic N) is 2. The quantitative estimate of drug-likeness (QED) is 0.876. The third-order valence-corrected chi connectivity index (χ3v) is 4.58. The summed E-state index contributed by atoms with van der Waals surface area (Å²) < 4.78 is 13.9. The predicted molar refractivity (Wildman–Crippen MR) is 96.2 cm³/mol. The molecule has 0 saturated carbocycles. The lowest BCUT2D eigenvalue weighted by Gasteiger charge is -2.31. The number of carbonyl (C=O) groups excluding carboxylic acids is 1. The van der Waals surface area contributed by atoms with Crippen molar-refractivity contribution < 1.29 is 19.1 Å². The summed E-state index contributed by atoms with van der Waals surface area (Å²) in [5.74, 6) is -0.985. The summed E-state index contributed by atoms with van der Waals surface area (Å²) in [6.07, 6.45) is 3.71. The van der Waals surface area contributed by atoms with Crippen LogP contribution in [0.4, 0.5) is 15.9 Å². The fraction of sp³-hybridized carbons (Fsp3) is 0.316. The molecule has 1 aliphatic rings. The highest BCUT2D eigenvalue weighted by molar-refractivity contribution is 6.04. The number of rotatable bonds is 4. The summed E-state index contributed by atoms with van der Waals surface area (Å²) in [5.41, 5.74) is 0.0531. The molecule has 3 rings (SSSR count). The fourth-order valence-electron chi connectivity index (χ4n) is 2.89. The molecule has 2 N–H and O–H groups in total. The van der Waals surface area contributed by atoms with Crippen molar-refractivity contribution in [1.82, 2.24) is 4.98 Å². The maximum Gasteiger partial charge on any atom is 0.335 e. The number of anilines is 2. The number of pyridine rings is 1. The Balaban J connectivity index is 1.68. The van der Waals surface area contributed by atoms with Crippen molar-refractivity contribution >= 4 is 23.4 Å². The molecule has 0 atom stereocenters. The highest BCUT2D eigenvalue weighted by Gasteiger charge is 2.18. The number of aromatic carboxylic acids is 1. The van der Waals surface area contributed by atoms with E-state index in [0.29, 0.717) is 5.56 Å². The number of piperidine rings is 1. The van der Waals surface area contributed by atoms with Gasteiger partial charge in [-0.05, 0) is 49.1 Å². The van der Waals surface area contributed by atoms with E-state index in [2.05, 4.69) is 22.1 Å². The predicted octanol–water partition coefficient (Wildman–Crippen LogP) is 3.41. The Hall–Kier alpha value is -2.96. The van der Waals surface area contributed by atoms with Crippen molar-refractivity contribution in [2.75, 3.05) is 23.3 Å². The molecule has 2 aromatic rings. The maximum absolute atomic E-state index is 13.9. The van der Waals surface area contributed by atoms with Crippen molar-refractivity contribution in [2.45, 2.75) is 19.8 Å². The summed E-state index contributed by atoms with van der Waals surface area (Å²) in [4.78, 5) is 29.6. The van der Waals surface area contributed by atoms with Crippen LogP contribution >= 0.6 is 0 Å². The van der Waals surface area contributed by atoms with Gasteiger partial charge in [-0.3, -0.25) is 4.79 Å². The minimum atomic E-state index is -1.23. The molecular formula is C19H20FN3O3. The molecular weight excluding hydrogens is 337 g/mol. The van der Waals surface area contributed by atoms with Gasteiger partial charge in [0.15, 0.2) is 0 Å². The maximum atomic E-state index is 13.9. The van der Waals surface area contributed by atoms with Crippen LogP contribution in [0.5, 0.6) is 0 Å². The van der Waals surface area contributed by atoms with Crippen LogP contribution in [0, 0.1) is 11.7 Å². The summed E-state index contributed by atoms with van der Waals surface area (Å²) in [6, 6.07) is 6.78. The highest BCUT2D eigenvalue weighted by atomic mass is 19.1. The Morgan fingerprint density at radius 2 is 1.88 bits per heavy atom. The molecule has 1 amide bonds. The van der Waals surface area contributed by atoms with Gasteiger partial charge < -0.3 is 15.3 Å². The molecule has 1 aromatic carbocycles. The number of nitrogens with one attached hydrogen (secondary N) is 1. The smallest absolute Gasteiger partial charge is 0.335 e. The van der Waals surface area contributed by atoms with Crippen molar-refractivity contribution in [3.63, 3.8) is 0 Å². The van der Waals surface area contributed by atoms with Crippen molar-refractivity contribution in [1.29, 1.82) is 0 Å². The van der Waals surface area contributed by atoms with Gasteiger partial charge in [0.25, 0.3) is 5.91 Å². The molecule has 26 heavy (non-hydrogen) atoms. The van der Waals surface area contributed by atoms with E-state index in [1.54, 1.807) is 12.1 Å². The molecule has 0 spiro atoms. The number of carbonyl (C=O) groups is 2. The third-order valence-electron chi connectivity index (χ3n) is 4.58. The number of halogens is 1. The largest absolute Gasteiger partial charge is 0.478 e. The van der Waals surface area contributed by atoms with Crippen LogP contribution in [-0.4, -0.2) is 35.1 Å². The minimum Gasteiger partial charge on any atom is -0.478 e. The lowest BCUT2D eigenvalue weighted by molar-refractivity contribution is 0.0696. The van der Waals surface area contributed by atoms with Gasteiger partial charge in [-0.25, -0.2) is 14.2 Å². The summed E-state index contributed by atoms with van der Waals surface area (Å²) in [7, 11) is 0. The van der Waals surface area contributed by atoms with Crippen molar-refractivity contribution in [3.8, 4) is 0 Å². The Morgan fingerprint density at radius 1 is 1.19 bits per heavy atom. The number of benzene rings is 1. The van der Waals surface area contributed by atoms with E-state index in [4.69, 9.17) is 5.11 Å². The van der Waals surface area contributed by atoms with E-state index < -0.39 is 17.7 Å². The zero-order valence-electron chi connectivity index (χ0n) is 14.4. The van der Waals surface area contributed by atoms with Crippen molar-refractivity contribution in [2.24, 2.45) is 5.92 Å². The van der Waals surface area contributed by atoms with Gasteiger partial charge in [0, 0.05) is 19.3 Å². The van der Waals surface area contributed by atoms with Crippen LogP contribution < -0.4 is 10.2 Å². The fourth-order valence-corrected chi connectivity index (χ4v) is 2.89. The second-order valence-corrected chi connectivity index (χ2v) is 6.53. The molecule has 0 unspecified atom stereocenters. The van der Waals surface area contributed by atoms with Crippen LogP contribution in [0.15, 0.2) is 36.5 Å². The molecule has 1 aliphatic heterocycles. The molecule has 1 aromatic heterocycles. The number of hydrogen-bond acceptors (Lipinski definition) is 4. The standard InChI is InChI=1S/C19H20FN3O3/c1-12-6-8-23(9-7-12)17-5-3-14(11-21-17)18(24)22-16-4-2-13(19(25)26)10-15(16)20/h2-5,10-12H,6-9H2,1H3,(H,22,24)(H,25,26). The number of carboxylic acid groups (broad SMARTS) is 1. The molecule has 1 fully saturated rings. The SMILES string of the molecule is CC1CCN(c2ccc(C(=O)Nc3ccc(C(=O)O)cc3F)cn2)CC1. The molecule has 0 aliphatic carbocycles. The van der Waals surface area contributed by atoms with Crippen LogP contribution in [-0.2, 0) is 0 Å².